The number of aromatic hydroxyl groups is 1. The molecule has 8 nitrogen and oxygen atoms in total. The largest absolute Gasteiger partial charge is 0.502 e. The van der Waals surface area contributed by atoms with Crippen LogP contribution in [0, 0.1) is 10.1 Å². The van der Waals surface area contributed by atoms with E-state index in [0.717, 1.165) is 18.4 Å². The quantitative estimate of drug-likeness (QED) is 0.515. The second kappa shape index (κ2) is 6.88. The number of phenolic OH excluding ortho intramolecular Hbond substituents is 1. The van der Waals surface area contributed by atoms with Gasteiger partial charge in [0.2, 0.25) is 5.58 Å². The van der Waals surface area contributed by atoms with Gasteiger partial charge < -0.3 is 14.3 Å². The first kappa shape index (κ1) is 15.2. The van der Waals surface area contributed by atoms with Gasteiger partial charge in [-0.15, -0.1) is 0 Å². The first-order valence-electron chi connectivity index (χ1n) is 5.46. The van der Waals surface area contributed by atoms with E-state index in [4.69, 9.17) is 4.42 Å². The Morgan fingerprint density at radius 3 is 2.65 bits per heavy atom. The molecular formula is C12H11NO7. The lowest BCUT2D eigenvalue weighted by atomic mass is 10.2. The smallest absolute Gasteiger partial charge is 0.353 e. The Morgan fingerprint density at radius 2 is 2.15 bits per heavy atom. The zero-order chi connectivity index (χ0) is 15.1. The SMILES string of the molecule is CCOC=O.O=c1ccoc2c([N+](=O)[O-])c(O)ccc12. The van der Waals surface area contributed by atoms with E-state index in [1.165, 1.54) is 6.07 Å². The summed E-state index contributed by atoms with van der Waals surface area (Å²) < 4.78 is 9.02. The van der Waals surface area contributed by atoms with Crippen LogP contribution in [0.1, 0.15) is 6.92 Å². The molecule has 0 spiro atoms. The first-order valence-corrected chi connectivity index (χ1v) is 5.46. The molecule has 0 unspecified atom stereocenters. The average Bonchev–Trinajstić information content (AvgIpc) is 2.40. The highest BCUT2D eigenvalue weighted by molar-refractivity contribution is 5.87. The molecule has 0 aliphatic carbocycles. The van der Waals surface area contributed by atoms with Gasteiger partial charge in [0.15, 0.2) is 11.2 Å². The lowest BCUT2D eigenvalue weighted by Crippen LogP contribution is -2.00. The van der Waals surface area contributed by atoms with E-state index in [1.54, 1.807) is 6.92 Å². The van der Waals surface area contributed by atoms with E-state index in [9.17, 15) is 24.8 Å². The number of nitro groups is 1. The first-order chi connectivity index (χ1) is 9.52. The molecule has 1 aromatic carbocycles. The molecule has 1 aromatic heterocycles. The molecule has 1 heterocycles. The maximum absolute atomic E-state index is 11.3. The minimum absolute atomic E-state index is 0.0713. The predicted molar refractivity (Wildman–Crippen MR) is 68.5 cm³/mol. The molecule has 0 atom stereocenters. The summed E-state index contributed by atoms with van der Waals surface area (Å²) in [5, 5.41) is 20.0. The molecule has 20 heavy (non-hydrogen) atoms. The molecule has 0 fully saturated rings. The van der Waals surface area contributed by atoms with Gasteiger partial charge in [-0.3, -0.25) is 19.7 Å². The molecule has 0 bridgehead atoms. The van der Waals surface area contributed by atoms with Crippen molar-refractivity contribution in [3.8, 4) is 5.75 Å². The zero-order valence-electron chi connectivity index (χ0n) is 10.4. The molecule has 0 aliphatic rings. The van der Waals surface area contributed by atoms with Crippen LogP contribution < -0.4 is 5.43 Å². The summed E-state index contributed by atoms with van der Waals surface area (Å²) in [7, 11) is 0. The van der Waals surface area contributed by atoms with Crippen LogP contribution in [0.15, 0.2) is 33.7 Å². The van der Waals surface area contributed by atoms with Crippen molar-refractivity contribution in [2.24, 2.45) is 0 Å². The van der Waals surface area contributed by atoms with Crippen LogP contribution in [0.4, 0.5) is 5.69 Å². The lowest BCUT2D eigenvalue weighted by molar-refractivity contribution is -0.384. The number of nitro benzene ring substituents is 1. The Balaban J connectivity index is 0.000000347. The van der Waals surface area contributed by atoms with E-state index < -0.39 is 16.4 Å². The molecule has 8 heteroatoms. The van der Waals surface area contributed by atoms with E-state index in [-0.39, 0.29) is 16.4 Å². The summed E-state index contributed by atoms with van der Waals surface area (Å²) >= 11 is 0. The molecule has 106 valence electrons. The number of carbonyl (C=O) groups is 1. The van der Waals surface area contributed by atoms with Crippen molar-refractivity contribution in [3.63, 3.8) is 0 Å². The van der Waals surface area contributed by atoms with Crippen LogP contribution in [0.25, 0.3) is 11.0 Å². The molecule has 2 rings (SSSR count). The molecular weight excluding hydrogens is 270 g/mol. The maximum Gasteiger partial charge on any atom is 0.353 e. The normalized spacial score (nSPS) is 9.45. The Morgan fingerprint density at radius 1 is 1.45 bits per heavy atom. The van der Waals surface area contributed by atoms with Crippen molar-refractivity contribution in [2.45, 2.75) is 6.92 Å². The summed E-state index contributed by atoms with van der Waals surface area (Å²) in [5.74, 6) is -0.526. The fourth-order valence-electron chi connectivity index (χ4n) is 1.37. The van der Waals surface area contributed by atoms with Gasteiger partial charge in [-0.05, 0) is 19.1 Å². The lowest BCUT2D eigenvalue weighted by Gasteiger charge is -1.98. The van der Waals surface area contributed by atoms with Crippen LogP contribution in [0.2, 0.25) is 0 Å². The highest BCUT2D eigenvalue weighted by atomic mass is 16.6. The zero-order valence-corrected chi connectivity index (χ0v) is 10.4. The van der Waals surface area contributed by atoms with Gasteiger partial charge in [-0.25, -0.2) is 0 Å². The minimum Gasteiger partial charge on any atom is -0.502 e. The molecule has 0 aliphatic heterocycles. The number of hydrogen-bond acceptors (Lipinski definition) is 7. The van der Waals surface area contributed by atoms with Crippen molar-refractivity contribution >= 4 is 23.1 Å². The number of carbonyl (C=O) groups excluding carboxylic acids is 1. The van der Waals surface area contributed by atoms with Crippen LogP contribution in [-0.2, 0) is 9.53 Å². The third-order valence-electron chi connectivity index (χ3n) is 2.20. The van der Waals surface area contributed by atoms with Gasteiger partial charge in [0, 0.05) is 6.07 Å². The van der Waals surface area contributed by atoms with Crippen LogP contribution in [-0.4, -0.2) is 23.1 Å². The molecule has 1 N–H and O–H groups in total. The number of phenols is 1. The molecule has 0 saturated carbocycles. The van der Waals surface area contributed by atoms with Gasteiger partial charge in [-0.2, -0.15) is 0 Å². The third-order valence-corrected chi connectivity index (χ3v) is 2.20. The fraction of sp³-hybridized carbons (Fsp3) is 0.167. The van der Waals surface area contributed by atoms with Gasteiger partial charge in [-0.1, -0.05) is 0 Å². The third kappa shape index (κ3) is 3.31. The standard InChI is InChI=1S/C9H5NO5.C3H6O2/c11-6-3-4-15-9-5(6)1-2-7(12)8(9)10(13)14;1-2-5-3-4/h1-4,12H;3H,2H2,1H3. The molecule has 2 aromatic rings. The minimum atomic E-state index is -0.791. The second-order valence-corrected chi connectivity index (χ2v) is 3.40. The Bertz CT molecular complexity index is 677. The van der Waals surface area contributed by atoms with Gasteiger partial charge in [0.05, 0.1) is 23.2 Å². The number of nitrogens with zero attached hydrogens (tertiary/aromatic N) is 1. The van der Waals surface area contributed by atoms with Crippen LogP contribution >= 0.6 is 0 Å². The number of ether oxygens (including phenoxy) is 1. The highest BCUT2D eigenvalue weighted by Gasteiger charge is 2.21. The number of hydrogen-bond donors (Lipinski definition) is 1. The Kier molecular flexibility index (Phi) is 5.21. The van der Waals surface area contributed by atoms with Crippen LogP contribution in [0.5, 0.6) is 5.75 Å². The highest BCUT2D eigenvalue weighted by Crippen LogP contribution is 2.32. The van der Waals surface area contributed by atoms with E-state index >= 15 is 0 Å². The molecule has 0 amide bonds. The van der Waals surface area contributed by atoms with Gasteiger partial charge >= 0.3 is 5.69 Å². The van der Waals surface area contributed by atoms with Crippen molar-refractivity contribution in [1.82, 2.24) is 0 Å². The Hall–Kier alpha value is -2.90. The summed E-state index contributed by atoms with van der Waals surface area (Å²) in [4.78, 5) is 30.3. The number of rotatable bonds is 3. The summed E-state index contributed by atoms with van der Waals surface area (Å²) in [6.45, 7) is 2.66. The van der Waals surface area contributed by atoms with E-state index in [2.05, 4.69) is 4.74 Å². The van der Waals surface area contributed by atoms with E-state index in [0.29, 0.717) is 13.1 Å². The molecule has 0 radical (unpaired) electrons. The Labute approximate surface area is 112 Å². The maximum atomic E-state index is 11.3. The van der Waals surface area contributed by atoms with Gasteiger partial charge in [0.1, 0.15) is 0 Å². The molecule has 0 saturated heterocycles. The predicted octanol–water partition coefficient (Wildman–Crippen LogP) is 1.59. The second-order valence-electron chi connectivity index (χ2n) is 3.40. The fourth-order valence-corrected chi connectivity index (χ4v) is 1.37. The monoisotopic (exact) mass is 281 g/mol. The van der Waals surface area contributed by atoms with Crippen LogP contribution in [0.3, 0.4) is 0 Å². The summed E-state index contributed by atoms with van der Waals surface area (Å²) in [6.07, 6.45) is 1.05. The van der Waals surface area contributed by atoms with Crippen molar-refractivity contribution in [2.75, 3.05) is 6.61 Å². The summed E-state index contributed by atoms with van der Waals surface area (Å²) in [5.41, 5.74) is -1.20. The number of benzene rings is 1. The van der Waals surface area contributed by atoms with Crippen molar-refractivity contribution in [3.05, 3.63) is 44.8 Å². The number of fused-ring (bicyclic) bond motifs is 1. The summed E-state index contributed by atoms with van der Waals surface area (Å²) in [6, 6.07) is 3.53. The topological polar surface area (TPSA) is 120 Å². The van der Waals surface area contributed by atoms with Crippen molar-refractivity contribution in [1.29, 1.82) is 0 Å². The van der Waals surface area contributed by atoms with E-state index in [1.807, 2.05) is 0 Å². The van der Waals surface area contributed by atoms with Gasteiger partial charge in [0.25, 0.3) is 6.47 Å². The average molecular weight is 281 g/mol. The van der Waals surface area contributed by atoms with Crippen molar-refractivity contribution < 1.29 is 24.0 Å².